The molecule has 1 aromatic carbocycles. The van der Waals surface area contributed by atoms with Crippen molar-refractivity contribution in [2.45, 2.75) is 64.0 Å². The van der Waals surface area contributed by atoms with Crippen LogP contribution in [0, 0.1) is 11.8 Å². The van der Waals surface area contributed by atoms with Gasteiger partial charge in [0.2, 0.25) is 0 Å². The molecule has 1 saturated carbocycles. The molecule has 1 aliphatic carbocycles. The van der Waals surface area contributed by atoms with Gasteiger partial charge in [0.05, 0.1) is 26.2 Å². The van der Waals surface area contributed by atoms with Crippen LogP contribution in [-0.4, -0.2) is 23.9 Å². The number of aryl methyl sites for hydroxylation is 1. The van der Waals surface area contributed by atoms with Crippen LogP contribution >= 0.6 is 11.3 Å². The fraction of sp³-hybridized carbons (Fsp3) is 0.650. The second-order valence-corrected chi connectivity index (χ2v) is 12.1. The van der Waals surface area contributed by atoms with Crippen LogP contribution in [-0.2, 0) is 16.3 Å². The van der Waals surface area contributed by atoms with Crippen LogP contribution in [0.1, 0.15) is 58.4 Å². The Hall–Kier alpha value is -0.940. The zero-order valence-corrected chi connectivity index (χ0v) is 17.1. The SMILES string of the molecule is CC(C)(C)S(=O)(=O)CC1CCC(CCc2ccc3scnc3c2)CC1. The maximum Gasteiger partial charge on any atom is 0.155 e. The third-order valence-corrected chi connectivity index (χ3v) is 9.18. The molecule has 0 spiro atoms. The van der Waals surface area contributed by atoms with Crippen molar-refractivity contribution in [3.8, 4) is 0 Å². The Bertz CT molecular complexity index is 810. The fourth-order valence-electron chi connectivity index (χ4n) is 3.68. The summed E-state index contributed by atoms with van der Waals surface area (Å²) in [6.45, 7) is 5.44. The van der Waals surface area contributed by atoms with E-state index in [4.69, 9.17) is 0 Å². The molecule has 25 heavy (non-hydrogen) atoms. The number of rotatable bonds is 5. The standard InChI is InChI=1S/C20H29NO2S2/c1-20(2,3)25(22,23)13-17-8-5-15(6-9-17)4-7-16-10-11-19-18(12-16)21-14-24-19/h10-12,14-15,17H,4-9,13H2,1-3H3. The highest BCUT2D eigenvalue weighted by Gasteiger charge is 2.33. The molecule has 3 nitrogen and oxygen atoms in total. The smallest absolute Gasteiger partial charge is 0.155 e. The van der Waals surface area contributed by atoms with E-state index in [2.05, 4.69) is 23.2 Å². The third kappa shape index (κ3) is 4.62. The second kappa shape index (κ2) is 7.36. The summed E-state index contributed by atoms with van der Waals surface area (Å²) < 4.78 is 25.4. The zero-order chi connectivity index (χ0) is 18.1. The molecule has 5 heteroatoms. The van der Waals surface area contributed by atoms with Gasteiger partial charge in [-0.05, 0) is 76.0 Å². The predicted molar refractivity (Wildman–Crippen MR) is 107 cm³/mol. The molecule has 3 rings (SSSR count). The van der Waals surface area contributed by atoms with Crippen molar-refractivity contribution < 1.29 is 8.42 Å². The Morgan fingerprint density at radius 2 is 1.80 bits per heavy atom. The Morgan fingerprint density at radius 1 is 1.12 bits per heavy atom. The van der Waals surface area contributed by atoms with Crippen molar-refractivity contribution in [1.82, 2.24) is 4.98 Å². The normalized spacial score (nSPS) is 22.4. The van der Waals surface area contributed by atoms with E-state index < -0.39 is 14.6 Å². The van der Waals surface area contributed by atoms with Crippen molar-refractivity contribution in [2.75, 3.05) is 5.75 Å². The van der Waals surface area contributed by atoms with Crippen LogP contribution in [0.4, 0.5) is 0 Å². The second-order valence-electron chi connectivity index (χ2n) is 8.47. The molecule has 1 heterocycles. The van der Waals surface area contributed by atoms with Gasteiger partial charge in [-0.3, -0.25) is 0 Å². The molecule has 0 saturated heterocycles. The lowest BCUT2D eigenvalue weighted by Crippen LogP contribution is -2.34. The van der Waals surface area contributed by atoms with Gasteiger partial charge in [-0.1, -0.05) is 18.9 Å². The number of sulfone groups is 1. The molecule has 0 N–H and O–H groups in total. The van der Waals surface area contributed by atoms with E-state index in [1.165, 1.54) is 29.5 Å². The first-order valence-corrected chi connectivity index (χ1v) is 11.8. The lowest BCUT2D eigenvalue weighted by Gasteiger charge is -2.30. The summed E-state index contributed by atoms with van der Waals surface area (Å²) in [4.78, 5) is 4.40. The van der Waals surface area contributed by atoms with E-state index in [1.807, 2.05) is 26.3 Å². The van der Waals surface area contributed by atoms with Gasteiger partial charge in [-0.2, -0.15) is 0 Å². The number of benzene rings is 1. The highest BCUT2D eigenvalue weighted by atomic mass is 32.2. The number of hydrogen-bond donors (Lipinski definition) is 0. The van der Waals surface area contributed by atoms with E-state index in [0.29, 0.717) is 11.7 Å². The van der Waals surface area contributed by atoms with E-state index in [0.717, 1.165) is 30.7 Å². The fourth-order valence-corrected chi connectivity index (χ4v) is 5.79. The van der Waals surface area contributed by atoms with Gasteiger partial charge in [-0.15, -0.1) is 11.3 Å². The molecule has 1 fully saturated rings. The Morgan fingerprint density at radius 3 is 2.48 bits per heavy atom. The Kier molecular flexibility index (Phi) is 5.54. The van der Waals surface area contributed by atoms with Crippen LogP contribution in [0.25, 0.3) is 10.2 Å². The van der Waals surface area contributed by atoms with E-state index in [-0.39, 0.29) is 0 Å². The van der Waals surface area contributed by atoms with Gasteiger partial charge in [0, 0.05) is 0 Å². The minimum Gasteiger partial charge on any atom is -0.245 e. The molecule has 2 aromatic rings. The average molecular weight is 380 g/mol. The van der Waals surface area contributed by atoms with Gasteiger partial charge in [0.15, 0.2) is 9.84 Å². The van der Waals surface area contributed by atoms with Crippen molar-refractivity contribution >= 4 is 31.4 Å². The maximum absolute atomic E-state index is 12.4. The summed E-state index contributed by atoms with van der Waals surface area (Å²) >= 11 is 1.69. The first-order chi connectivity index (χ1) is 11.7. The maximum atomic E-state index is 12.4. The number of aromatic nitrogens is 1. The van der Waals surface area contributed by atoms with Gasteiger partial charge < -0.3 is 0 Å². The summed E-state index contributed by atoms with van der Waals surface area (Å²) in [6.07, 6.45) is 6.76. The van der Waals surface area contributed by atoms with Crippen molar-refractivity contribution in [3.05, 3.63) is 29.3 Å². The van der Waals surface area contributed by atoms with Crippen LogP contribution in [0.3, 0.4) is 0 Å². The first kappa shape index (κ1) is 18.8. The topological polar surface area (TPSA) is 47.0 Å². The van der Waals surface area contributed by atoms with E-state index in [9.17, 15) is 8.42 Å². The number of thiazole rings is 1. The monoisotopic (exact) mass is 379 g/mol. The minimum absolute atomic E-state index is 0.354. The van der Waals surface area contributed by atoms with Gasteiger partial charge in [-0.25, -0.2) is 13.4 Å². The molecular formula is C20H29NO2S2. The summed E-state index contributed by atoms with van der Waals surface area (Å²) in [5, 5.41) is 0. The quantitative estimate of drug-likeness (QED) is 0.713. The summed E-state index contributed by atoms with van der Waals surface area (Å²) in [5.41, 5.74) is 4.39. The highest BCUT2D eigenvalue weighted by Crippen LogP contribution is 2.34. The van der Waals surface area contributed by atoms with Crippen LogP contribution < -0.4 is 0 Å². The van der Waals surface area contributed by atoms with Crippen molar-refractivity contribution in [1.29, 1.82) is 0 Å². The summed E-state index contributed by atoms with van der Waals surface area (Å²) in [6, 6.07) is 6.62. The largest absolute Gasteiger partial charge is 0.245 e. The molecule has 0 unspecified atom stereocenters. The third-order valence-electron chi connectivity index (χ3n) is 5.59. The summed E-state index contributed by atoms with van der Waals surface area (Å²) in [7, 11) is -2.99. The molecule has 0 bridgehead atoms. The molecule has 1 aliphatic rings. The molecule has 0 amide bonds. The molecule has 0 aliphatic heterocycles. The number of nitrogens with zero attached hydrogens (tertiary/aromatic N) is 1. The van der Waals surface area contributed by atoms with Gasteiger partial charge in [0.1, 0.15) is 0 Å². The number of hydrogen-bond acceptors (Lipinski definition) is 4. The predicted octanol–water partition coefficient (Wildman–Crippen LogP) is 5.25. The van der Waals surface area contributed by atoms with E-state index in [1.54, 1.807) is 11.3 Å². The Labute approximate surface area is 155 Å². The Balaban J connectivity index is 1.48. The van der Waals surface area contributed by atoms with Crippen LogP contribution in [0.2, 0.25) is 0 Å². The highest BCUT2D eigenvalue weighted by molar-refractivity contribution is 7.92. The first-order valence-electron chi connectivity index (χ1n) is 9.29. The van der Waals surface area contributed by atoms with Crippen LogP contribution in [0.5, 0.6) is 0 Å². The molecule has 0 radical (unpaired) electrons. The van der Waals surface area contributed by atoms with Gasteiger partial charge >= 0.3 is 0 Å². The summed E-state index contributed by atoms with van der Waals surface area (Å²) in [5.74, 6) is 1.45. The lowest BCUT2D eigenvalue weighted by atomic mass is 9.80. The molecule has 1 aromatic heterocycles. The van der Waals surface area contributed by atoms with Crippen LogP contribution in [0.15, 0.2) is 23.7 Å². The van der Waals surface area contributed by atoms with E-state index >= 15 is 0 Å². The van der Waals surface area contributed by atoms with Crippen molar-refractivity contribution in [3.63, 3.8) is 0 Å². The minimum atomic E-state index is -2.99. The zero-order valence-electron chi connectivity index (χ0n) is 15.5. The lowest BCUT2D eigenvalue weighted by molar-refractivity contribution is 0.278. The molecule has 138 valence electrons. The average Bonchev–Trinajstić information content (AvgIpc) is 3.00. The molecule has 0 atom stereocenters. The van der Waals surface area contributed by atoms with Crippen molar-refractivity contribution in [2.24, 2.45) is 11.8 Å². The number of fused-ring (bicyclic) bond motifs is 1. The molecular weight excluding hydrogens is 350 g/mol. The van der Waals surface area contributed by atoms with Gasteiger partial charge in [0.25, 0.3) is 0 Å².